The summed E-state index contributed by atoms with van der Waals surface area (Å²) in [6.07, 6.45) is 4.84. The minimum Gasteiger partial charge on any atom is -0.447 e. The van der Waals surface area contributed by atoms with Gasteiger partial charge in [-0.2, -0.15) is 5.10 Å². The topological polar surface area (TPSA) is 68.5 Å². The van der Waals surface area contributed by atoms with Gasteiger partial charge in [0.25, 0.3) is 0 Å². The maximum absolute atomic E-state index is 10.9. The molecule has 0 aromatic carbocycles. The van der Waals surface area contributed by atoms with Gasteiger partial charge in [-0.3, -0.25) is 0 Å². The molecule has 2 aromatic heterocycles. The average Bonchev–Trinajstić information content (AvgIpc) is 2.84. The molecule has 0 aliphatic carbocycles. The lowest BCUT2D eigenvalue weighted by molar-refractivity contribution is 0.177. The van der Waals surface area contributed by atoms with Crippen LogP contribution >= 0.6 is 0 Å². The molecule has 1 atom stereocenters. The van der Waals surface area contributed by atoms with Gasteiger partial charge >= 0.3 is 6.09 Å². The van der Waals surface area contributed by atoms with Gasteiger partial charge in [0.1, 0.15) is 6.61 Å². The summed E-state index contributed by atoms with van der Waals surface area (Å²) in [5.41, 5.74) is 1.67. The second-order valence-electron chi connectivity index (χ2n) is 3.32. The van der Waals surface area contributed by atoms with Gasteiger partial charge in [0.05, 0.1) is 12.2 Å². The molecule has 1 amide bonds. The fourth-order valence-corrected chi connectivity index (χ4v) is 1.57. The number of fused-ring (bicyclic) bond motifs is 1. The van der Waals surface area contributed by atoms with Crippen LogP contribution in [0.1, 0.15) is 11.6 Å². The van der Waals surface area contributed by atoms with Gasteiger partial charge in [0, 0.05) is 24.0 Å². The Morgan fingerprint density at radius 1 is 1.60 bits per heavy atom. The molecule has 1 aliphatic rings. The lowest BCUT2D eigenvalue weighted by Crippen LogP contribution is -2.18. The molecule has 0 saturated carbocycles. The highest BCUT2D eigenvalue weighted by Crippen LogP contribution is 2.17. The van der Waals surface area contributed by atoms with E-state index >= 15 is 0 Å². The number of carbonyl (C=O) groups is 1. The molecule has 3 rings (SSSR count). The molecule has 2 aromatic rings. The van der Waals surface area contributed by atoms with E-state index in [0.29, 0.717) is 6.61 Å². The van der Waals surface area contributed by atoms with Gasteiger partial charge in [-0.05, 0) is 0 Å². The van der Waals surface area contributed by atoms with Gasteiger partial charge < -0.3 is 10.1 Å². The quantitative estimate of drug-likeness (QED) is 0.734. The van der Waals surface area contributed by atoms with E-state index in [1.807, 2.05) is 12.3 Å². The molecule has 1 saturated heterocycles. The predicted octanol–water partition coefficient (Wildman–Crippen LogP) is 0.510. The number of carbonyl (C=O) groups excluding carboxylic acids is 1. The third kappa shape index (κ3) is 1.30. The number of aromatic nitrogens is 3. The molecule has 1 unspecified atom stereocenters. The Kier molecular flexibility index (Phi) is 1.61. The van der Waals surface area contributed by atoms with E-state index in [0.717, 1.165) is 11.2 Å². The molecular weight excluding hydrogens is 196 g/mol. The zero-order valence-electron chi connectivity index (χ0n) is 7.75. The van der Waals surface area contributed by atoms with Crippen LogP contribution in [-0.2, 0) is 4.74 Å². The van der Waals surface area contributed by atoms with E-state index in [1.54, 1.807) is 16.9 Å². The van der Waals surface area contributed by atoms with Gasteiger partial charge in [-0.1, -0.05) is 0 Å². The van der Waals surface area contributed by atoms with Crippen molar-refractivity contribution >= 4 is 11.7 Å². The van der Waals surface area contributed by atoms with Gasteiger partial charge in [0.2, 0.25) is 0 Å². The van der Waals surface area contributed by atoms with Crippen LogP contribution in [0.2, 0.25) is 0 Å². The summed E-state index contributed by atoms with van der Waals surface area (Å²) in [4.78, 5) is 15.1. The number of nitrogens with zero attached hydrogens (tertiary/aromatic N) is 3. The van der Waals surface area contributed by atoms with Crippen molar-refractivity contribution in [1.82, 2.24) is 19.9 Å². The Balaban J connectivity index is 2.00. The van der Waals surface area contributed by atoms with Crippen molar-refractivity contribution in [3.63, 3.8) is 0 Å². The first kappa shape index (κ1) is 8.22. The first-order chi connectivity index (χ1) is 7.33. The average molecular weight is 204 g/mol. The second kappa shape index (κ2) is 2.94. The van der Waals surface area contributed by atoms with E-state index in [2.05, 4.69) is 15.4 Å². The summed E-state index contributed by atoms with van der Waals surface area (Å²) in [5.74, 6) is 0. The molecule has 0 radical (unpaired) electrons. The highest BCUT2D eigenvalue weighted by molar-refractivity contribution is 5.70. The number of ether oxygens (including phenoxy) is 1. The van der Waals surface area contributed by atoms with Crippen molar-refractivity contribution in [1.29, 1.82) is 0 Å². The Labute approximate surface area is 84.9 Å². The van der Waals surface area contributed by atoms with Crippen LogP contribution in [0.3, 0.4) is 0 Å². The van der Waals surface area contributed by atoms with Crippen molar-refractivity contribution < 1.29 is 9.53 Å². The second-order valence-corrected chi connectivity index (χ2v) is 3.32. The van der Waals surface area contributed by atoms with E-state index in [4.69, 9.17) is 4.74 Å². The first-order valence-electron chi connectivity index (χ1n) is 4.55. The molecule has 0 bridgehead atoms. The summed E-state index contributed by atoms with van der Waals surface area (Å²) in [5, 5.41) is 6.76. The number of alkyl carbamates (subject to hydrolysis) is 1. The summed E-state index contributed by atoms with van der Waals surface area (Å²) >= 11 is 0. The lowest BCUT2D eigenvalue weighted by atomic mass is 10.2. The minimum atomic E-state index is -0.388. The van der Waals surface area contributed by atoms with Crippen LogP contribution < -0.4 is 5.32 Å². The standard InChI is InChI=1S/C9H8N4O2/c14-9-12-7(5-15-9)6-3-10-8-1-2-11-13(8)4-6/h1-4,7H,5H2,(H,12,14). The SMILES string of the molecule is O=C1NC(c2cnc3ccnn3c2)CO1. The van der Waals surface area contributed by atoms with E-state index in [1.165, 1.54) is 0 Å². The number of rotatable bonds is 1. The monoisotopic (exact) mass is 204 g/mol. The summed E-state index contributed by atoms with van der Waals surface area (Å²) in [6.45, 7) is 0.341. The van der Waals surface area contributed by atoms with Gasteiger partial charge in [-0.15, -0.1) is 0 Å². The van der Waals surface area contributed by atoms with Crippen LogP contribution in [0.4, 0.5) is 4.79 Å². The van der Waals surface area contributed by atoms with Crippen molar-refractivity contribution in [2.75, 3.05) is 6.61 Å². The summed E-state index contributed by atoms with van der Waals surface area (Å²) < 4.78 is 6.47. The molecule has 6 nitrogen and oxygen atoms in total. The minimum absolute atomic E-state index is 0.126. The number of hydrogen-bond acceptors (Lipinski definition) is 4. The maximum atomic E-state index is 10.9. The molecule has 6 heteroatoms. The third-order valence-electron chi connectivity index (χ3n) is 2.34. The normalized spacial score (nSPS) is 20.3. The smallest absolute Gasteiger partial charge is 0.407 e. The van der Waals surface area contributed by atoms with Crippen LogP contribution in [0.5, 0.6) is 0 Å². The zero-order valence-corrected chi connectivity index (χ0v) is 7.75. The lowest BCUT2D eigenvalue weighted by Gasteiger charge is -2.06. The van der Waals surface area contributed by atoms with Crippen molar-refractivity contribution in [3.8, 4) is 0 Å². The van der Waals surface area contributed by atoms with E-state index < -0.39 is 0 Å². The molecule has 1 fully saturated rings. The van der Waals surface area contributed by atoms with Crippen LogP contribution in [-0.4, -0.2) is 27.3 Å². The van der Waals surface area contributed by atoms with Crippen molar-refractivity contribution in [3.05, 3.63) is 30.2 Å². The Hall–Kier alpha value is -2.11. The first-order valence-corrected chi connectivity index (χ1v) is 4.55. The largest absolute Gasteiger partial charge is 0.447 e. The van der Waals surface area contributed by atoms with E-state index in [-0.39, 0.29) is 12.1 Å². The van der Waals surface area contributed by atoms with Crippen molar-refractivity contribution in [2.45, 2.75) is 6.04 Å². The fourth-order valence-electron chi connectivity index (χ4n) is 1.57. The predicted molar refractivity (Wildman–Crippen MR) is 50.2 cm³/mol. The molecule has 0 spiro atoms. The zero-order chi connectivity index (χ0) is 10.3. The molecule has 1 N–H and O–H groups in total. The van der Waals surface area contributed by atoms with Crippen molar-refractivity contribution in [2.24, 2.45) is 0 Å². The molecular formula is C9H8N4O2. The third-order valence-corrected chi connectivity index (χ3v) is 2.34. The Bertz CT molecular complexity index is 522. The van der Waals surface area contributed by atoms with Crippen LogP contribution in [0.15, 0.2) is 24.7 Å². The highest BCUT2D eigenvalue weighted by Gasteiger charge is 2.24. The van der Waals surface area contributed by atoms with Gasteiger partial charge in [0.15, 0.2) is 5.65 Å². The number of nitrogens with one attached hydrogen (secondary N) is 1. The Morgan fingerprint density at radius 2 is 2.53 bits per heavy atom. The highest BCUT2D eigenvalue weighted by atomic mass is 16.6. The fraction of sp³-hybridized carbons (Fsp3) is 0.222. The van der Waals surface area contributed by atoms with Crippen LogP contribution in [0.25, 0.3) is 5.65 Å². The summed E-state index contributed by atoms with van der Waals surface area (Å²) in [7, 11) is 0. The van der Waals surface area contributed by atoms with Gasteiger partial charge in [-0.25, -0.2) is 14.3 Å². The number of cyclic esters (lactones) is 1. The Morgan fingerprint density at radius 3 is 3.33 bits per heavy atom. The number of hydrogen-bond donors (Lipinski definition) is 1. The maximum Gasteiger partial charge on any atom is 0.407 e. The van der Waals surface area contributed by atoms with E-state index in [9.17, 15) is 4.79 Å². The van der Waals surface area contributed by atoms with Crippen LogP contribution in [0, 0.1) is 0 Å². The molecule has 76 valence electrons. The molecule has 15 heavy (non-hydrogen) atoms. The molecule has 3 heterocycles. The molecule has 1 aliphatic heterocycles. The summed E-state index contributed by atoms with van der Waals surface area (Å²) in [6, 6.07) is 1.69. The number of amides is 1.